The predicted molar refractivity (Wildman–Crippen MR) is 167 cm³/mol. The summed E-state index contributed by atoms with van der Waals surface area (Å²) in [5.74, 6) is 4.36. The molecule has 8 atom stereocenters. The van der Waals surface area contributed by atoms with Gasteiger partial charge in [-0.3, -0.25) is 4.79 Å². The molecule has 5 heteroatoms. The van der Waals surface area contributed by atoms with Gasteiger partial charge in [0.1, 0.15) is 6.10 Å². The van der Waals surface area contributed by atoms with E-state index in [0.29, 0.717) is 12.0 Å². The van der Waals surface area contributed by atoms with Crippen LogP contribution < -0.4 is 5.32 Å². The Morgan fingerprint density at radius 2 is 1.71 bits per heavy atom. The molecule has 5 nitrogen and oxygen atoms in total. The second-order valence-corrected chi connectivity index (χ2v) is 15.4. The number of ether oxygens (including phenoxy) is 1. The Morgan fingerprint density at radius 1 is 0.951 bits per heavy atom. The molecule has 0 aromatic heterocycles. The van der Waals surface area contributed by atoms with Crippen LogP contribution in [0.1, 0.15) is 144 Å². The van der Waals surface area contributed by atoms with Crippen molar-refractivity contribution in [3.8, 4) is 0 Å². The molecule has 3 saturated carbocycles. The molecule has 4 unspecified atom stereocenters. The Kier molecular flexibility index (Phi) is 11.3. The number of amides is 1. The lowest BCUT2D eigenvalue weighted by atomic mass is 9.47. The van der Waals surface area contributed by atoms with Gasteiger partial charge in [0.15, 0.2) is 0 Å². The summed E-state index contributed by atoms with van der Waals surface area (Å²) in [6.45, 7) is 13.1. The van der Waals surface area contributed by atoms with Crippen LogP contribution in [0.2, 0.25) is 0 Å². The van der Waals surface area contributed by atoms with E-state index in [0.717, 1.165) is 86.9 Å². The van der Waals surface area contributed by atoms with E-state index in [4.69, 9.17) is 9.84 Å². The average molecular weight is 572 g/mol. The molecule has 4 aliphatic carbocycles. The number of nitrogens with one attached hydrogen (secondary N) is 1. The molecule has 0 bridgehead atoms. The van der Waals surface area contributed by atoms with Gasteiger partial charge >= 0.3 is 12.1 Å². The van der Waals surface area contributed by atoms with Gasteiger partial charge in [-0.25, -0.2) is 4.79 Å². The van der Waals surface area contributed by atoms with Crippen molar-refractivity contribution in [1.82, 2.24) is 5.32 Å². The monoisotopic (exact) mass is 571 g/mol. The summed E-state index contributed by atoms with van der Waals surface area (Å²) in [6.07, 6.45) is 21.3. The van der Waals surface area contributed by atoms with Crippen molar-refractivity contribution in [2.45, 2.75) is 150 Å². The molecule has 0 spiro atoms. The van der Waals surface area contributed by atoms with Crippen molar-refractivity contribution in [3.05, 3.63) is 11.6 Å². The summed E-state index contributed by atoms with van der Waals surface area (Å²) in [5, 5.41) is 11.7. The normalized spacial score (nSPS) is 35.2. The number of fused-ring (bicyclic) bond motifs is 5. The van der Waals surface area contributed by atoms with Crippen molar-refractivity contribution >= 4 is 12.1 Å². The summed E-state index contributed by atoms with van der Waals surface area (Å²) in [5.41, 5.74) is 2.38. The third-order valence-corrected chi connectivity index (χ3v) is 12.4. The van der Waals surface area contributed by atoms with Crippen LogP contribution in [0, 0.1) is 46.3 Å². The summed E-state index contributed by atoms with van der Waals surface area (Å²) >= 11 is 0. The highest BCUT2D eigenvalue weighted by Crippen LogP contribution is 2.67. The van der Waals surface area contributed by atoms with E-state index in [1.165, 1.54) is 51.4 Å². The molecule has 0 aliphatic heterocycles. The topological polar surface area (TPSA) is 75.6 Å². The predicted octanol–water partition coefficient (Wildman–Crippen LogP) is 9.55. The molecule has 4 rings (SSSR count). The Bertz CT molecular complexity index is 913. The van der Waals surface area contributed by atoms with E-state index < -0.39 is 5.97 Å². The van der Waals surface area contributed by atoms with Gasteiger partial charge in [0, 0.05) is 19.4 Å². The highest BCUT2D eigenvalue weighted by Gasteiger charge is 2.59. The summed E-state index contributed by atoms with van der Waals surface area (Å²) < 4.78 is 5.91. The van der Waals surface area contributed by atoms with Crippen molar-refractivity contribution in [3.63, 3.8) is 0 Å². The number of allylic oxidation sites excluding steroid dienone is 1. The summed E-state index contributed by atoms with van der Waals surface area (Å²) in [6, 6.07) is 0. The number of aliphatic carboxylic acids is 1. The summed E-state index contributed by atoms with van der Waals surface area (Å²) in [7, 11) is 0. The second-order valence-electron chi connectivity index (χ2n) is 15.4. The van der Waals surface area contributed by atoms with E-state index in [9.17, 15) is 9.59 Å². The fraction of sp³-hybridized carbons (Fsp3) is 0.889. The lowest BCUT2D eigenvalue weighted by molar-refractivity contribution is -0.137. The number of carboxylic acid groups (broad SMARTS) is 1. The zero-order valence-corrected chi connectivity index (χ0v) is 27.0. The van der Waals surface area contributed by atoms with Crippen LogP contribution in [0.4, 0.5) is 4.79 Å². The number of alkyl carbamates (subject to hydrolysis) is 1. The smallest absolute Gasteiger partial charge is 0.407 e. The highest BCUT2D eigenvalue weighted by atomic mass is 16.6. The molecule has 3 fully saturated rings. The molecule has 1 amide bonds. The Balaban J connectivity index is 1.24. The Labute approximate surface area is 251 Å². The first-order chi connectivity index (χ1) is 19.5. The molecule has 0 aromatic carbocycles. The van der Waals surface area contributed by atoms with Gasteiger partial charge in [0.25, 0.3) is 0 Å². The number of rotatable bonds is 14. The van der Waals surface area contributed by atoms with Gasteiger partial charge in [0.2, 0.25) is 0 Å². The number of carboxylic acids is 1. The number of hydrogen-bond acceptors (Lipinski definition) is 3. The Hall–Kier alpha value is -1.52. The third kappa shape index (κ3) is 7.71. The number of carbonyl (C=O) groups excluding carboxylic acids is 1. The zero-order chi connectivity index (χ0) is 29.6. The van der Waals surface area contributed by atoms with Crippen LogP contribution in [-0.2, 0) is 9.53 Å². The fourth-order valence-corrected chi connectivity index (χ4v) is 10.1. The minimum atomic E-state index is -0.720. The van der Waals surface area contributed by atoms with Gasteiger partial charge in [-0.15, -0.1) is 0 Å². The maximum absolute atomic E-state index is 12.5. The van der Waals surface area contributed by atoms with Gasteiger partial charge in [-0.05, 0) is 104 Å². The lowest BCUT2D eigenvalue weighted by Crippen LogP contribution is -2.51. The van der Waals surface area contributed by atoms with Crippen molar-refractivity contribution in [1.29, 1.82) is 0 Å². The summed E-state index contributed by atoms with van der Waals surface area (Å²) in [4.78, 5) is 23.1. The van der Waals surface area contributed by atoms with Gasteiger partial charge < -0.3 is 15.2 Å². The average Bonchev–Trinajstić information content (AvgIpc) is 3.27. The van der Waals surface area contributed by atoms with Crippen molar-refractivity contribution in [2.24, 2.45) is 46.3 Å². The molecule has 4 aliphatic rings. The van der Waals surface area contributed by atoms with Crippen LogP contribution in [-0.4, -0.2) is 29.8 Å². The maximum Gasteiger partial charge on any atom is 0.407 e. The molecule has 0 heterocycles. The van der Waals surface area contributed by atoms with Gasteiger partial charge in [-0.1, -0.05) is 84.8 Å². The van der Waals surface area contributed by atoms with E-state index in [1.54, 1.807) is 5.57 Å². The molecular weight excluding hydrogens is 510 g/mol. The van der Waals surface area contributed by atoms with E-state index >= 15 is 0 Å². The SMILES string of the molecule is CC(C)CCC[C@@H](C)C1CC[C@H]2C3CC=C4CC(OC(=O)NCCCCCCCC(=O)O)CC[C@]4(C)C3CC[C@]12C. The fourth-order valence-electron chi connectivity index (χ4n) is 10.1. The standard InChI is InChI=1S/C36H61NO4/c1-25(2)12-11-13-26(3)30-17-18-31-29-16-15-27-24-28(19-21-35(27,4)32(29)20-22-36(30,31)5)41-34(40)37-23-10-8-6-7-9-14-33(38)39/h15,25-26,28-32H,6-14,16-24H2,1-5H3,(H,37,40)(H,38,39)/t26-,28?,29?,30?,31+,32?,35+,36-/m1/s1. The first-order valence-electron chi connectivity index (χ1n) is 17.4. The largest absolute Gasteiger partial charge is 0.481 e. The molecule has 234 valence electrons. The molecule has 0 saturated heterocycles. The van der Waals surface area contributed by atoms with E-state index in [2.05, 4.69) is 46.0 Å². The quantitative estimate of drug-likeness (QED) is 0.161. The first kappa shape index (κ1) is 32.4. The van der Waals surface area contributed by atoms with E-state index in [-0.39, 0.29) is 24.0 Å². The molecular formula is C36H61NO4. The van der Waals surface area contributed by atoms with Crippen molar-refractivity contribution in [2.75, 3.05) is 6.54 Å². The van der Waals surface area contributed by atoms with Crippen LogP contribution in [0.25, 0.3) is 0 Å². The zero-order valence-electron chi connectivity index (χ0n) is 27.0. The lowest BCUT2D eigenvalue weighted by Gasteiger charge is -2.58. The minimum Gasteiger partial charge on any atom is -0.481 e. The molecule has 0 aromatic rings. The molecule has 0 radical (unpaired) electrons. The number of hydrogen-bond donors (Lipinski definition) is 2. The van der Waals surface area contributed by atoms with Crippen molar-refractivity contribution < 1.29 is 19.4 Å². The maximum atomic E-state index is 12.5. The van der Waals surface area contributed by atoms with Crippen LogP contribution in [0.15, 0.2) is 11.6 Å². The molecule has 41 heavy (non-hydrogen) atoms. The second kappa shape index (κ2) is 14.3. The van der Waals surface area contributed by atoms with Crippen LogP contribution in [0.3, 0.4) is 0 Å². The molecule has 2 N–H and O–H groups in total. The van der Waals surface area contributed by atoms with E-state index in [1.807, 2.05) is 0 Å². The van der Waals surface area contributed by atoms with Gasteiger partial charge in [-0.2, -0.15) is 0 Å². The Morgan fingerprint density at radius 3 is 2.46 bits per heavy atom. The minimum absolute atomic E-state index is 0.00157. The van der Waals surface area contributed by atoms with Gasteiger partial charge in [0.05, 0.1) is 0 Å². The highest BCUT2D eigenvalue weighted by molar-refractivity contribution is 5.67. The van der Waals surface area contributed by atoms with Crippen LogP contribution in [0.5, 0.6) is 0 Å². The van der Waals surface area contributed by atoms with Crippen LogP contribution >= 0.6 is 0 Å². The third-order valence-electron chi connectivity index (χ3n) is 12.4. The number of unbranched alkanes of at least 4 members (excludes halogenated alkanes) is 4. The number of carbonyl (C=O) groups is 2. The first-order valence-corrected chi connectivity index (χ1v) is 17.4.